The number of nitrogens with one attached hydrogen (secondary N) is 2. The number of hydrogen-bond acceptors (Lipinski definition) is 3. The van der Waals surface area contributed by atoms with Crippen molar-refractivity contribution >= 4 is 21.5 Å². The molecule has 0 aliphatic heterocycles. The molecule has 4 N–H and O–H groups in total. The van der Waals surface area contributed by atoms with Crippen molar-refractivity contribution in [2.75, 3.05) is 10.5 Å². The van der Waals surface area contributed by atoms with Gasteiger partial charge in [-0.2, -0.15) is 13.2 Å². The molecular weight excluding hydrogens is 295 g/mol. The molecular formula is C11H14F3N3O2S. The average molecular weight is 309 g/mol. The molecule has 0 aliphatic carbocycles. The van der Waals surface area contributed by atoms with E-state index in [0.29, 0.717) is 0 Å². The van der Waals surface area contributed by atoms with Gasteiger partial charge in [0.25, 0.3) is 0 Å². The number of hydrogen-bond donors (Lipinski definition) is 3. The van der Waals surface area contributed by atoms with Gasteiger partial charge >= 0.3 is 6.18 Å². The summed E-state index contributed by atoms with van der Waals surface area (Å²) in [6.07, 6.45) is -6.07. The quantitative estimate of drug-likeness (QED) is 0.554. The highest BCUT2D eigenvalue weighted by Gasteiger charge is 2.27. The lowest BCUT2D eigenvalue weighted by Crippen LogP contribution is -2.21. The molecule has 1 aromatic rings. The number of nitrogens with two attached hydrogens (primary N) is 1. The Kier molecular flexibility index (Phi) is 4.98. The molecule has 0 unspecified atom stereocenters. The molecule has 112 valence electrons. The molecule has 1 rings (SSSR count). The Labute approximate surface area is 114 Å². The summed E-state index contributed by atoms with van der Waals surface area (Å²) in [6, 6.07) is 5.92. The van der Waals surface area contributed by atoms with E-state index in [1.165, 1.54) is 18.2 Å². The van der Waals surface area contributed by atoms with Crippen molar-refractivity contribution in [3.05, 3.63) is 29.8 Å². The fourth-order valence-corrected chi connectivity index (χ4v) is 2.63. The molecule has 0 amide bonds. The zero-order chi connectivity index (χ0) is 15.4. The van der Waals surface area contributed by atoms with E-state index in [4.69, 9.17) is 11.1 Å². The molecule has 0 saturated carbocycles. The van der Waals surface area contributed by atoms with Crippen LogP contribution in [0.4, 0.5) is 18.9 Å². The lowest BCUT2D eigenvalue weighted by molar-refractivity contribution is -0.134. The largest absolute Gasteiger partial charge is 0.389 e. The highest BCUT2D eigenvalue weighted by molar-refractivity contribution is 7.92. The Morgan fingerprint density at radius 1 is 1.30 bits per heavy atom. The van der Waals surface area contributed by atoms with E-state index in [-0.39, 0.29) is 17.1 Å². The van der Waals surface area contributed by atoms with Crippen LogP contribution in [0, 0.1) is 5.41 Å². The molecule has 9 heteroatoms. The molecule has 1 aromatic carbocycles. The van der Waals surface area contributed by atoms with Gasteiger partial charge in [-0.15, -0.1) is 0 Å². The number of rotatable bonds is 6. The summed E-state index contributed by atoms with van der Waals surface area (Å²) < 4.78 is 61.4. The highest BCUT2D eigenvalue weighted by Crippen LogP contribution is 2.22. The Hall–Kier alpha value is -1.77. The standard InChI is InChI=1S/C11H14F3N3O2S/c12-11(13,14)6-3-7-20(18,19)17-9-5-2-1-4-8(9)10(15)16/h1-2,4-5,17H,3,6-7H2,(H3,15,16). The monoisotopic (exact) mass is 309 g/mol. The van der Waals surface area contributed by atoms with E-state index in [1.54, 1.807) is 6.07 Å². The molecule has 0 spiro atoms. The van der Waals surface area contributed by atoms with Crippen molar-refractivity contribution in [1.29, 1.82) is 5.41 Å². The summed E-state index contributed by atoms with van der Waals surface area (Å²) in [5, 5.41) is 7.30. The van der Waals surface area contributed by atoms with Crippen LogP contribution in [0.15, 0.2) is 24.3 Å². The number of anilines is 1. The number of sulfonamides is 1. The minimum Gasteiger partial charge on any atom is -0.384 e. The number of halogens is 3. The molecule has 20 heavy (non-hydrogen) atoms. The second kappa shape index (κ2) is 6.12. The summed E-state index contributed by atoms with van der Waals surface area (Å²) in [5.74, 6) is -0.989. The van der Waals surface area contributed by atoms with E-state index < -0.39 is 34.8 Å². The van der Waals surface area contributed by atoms with Crippen molar-refractivity contribution in [3.8, 4) is 0 Å². The minimum atomic E-state index is -4.38. The number of nitrogen functional groups attached to an aromatic ring is 1. The van der Waals surface area contributed by atoms with Gasteiger partial charge in [0.2, 0.25) is 10.0 Å². The fourth-order valence-electron chi connectivity index (χ4n) is 1.49. The number of amidine groups is 1. The summed E-state index contributed by atoms with van der Waals surface area (Å²) in [6.45, 7) is 0. The van der Waals surface area contributed by atoms with Gasteiger partial charge in [-0.3, -0.25) is 10.1 Å². The second-order valence-corrected chi connectivity index (χ2v) is 5.94. The van der Waals surface area contributed by atoms with E-state index in [9.17, 15) is 21.6 Å². The van der Waals surface area contributed by atoms with Gasteiger partial charge in [-0.25, -0.2) is 8.42 Å². The molecule has 0 radical (unpaired) electrons. The van der Waals surface area contributed by atoms with Crippen LogP contribution in [0.2, 0.25) is 0 Å². The van der Waals surface area contributed by atoms with Crippen molar-refractivity contribution in [2.45, 2.75) is 19.0 Å². The third-order valence-electron chi connectivity index (χ3n) is 2.36. The van der Waals surface area contributed by atoms with Crippen LogP contribution in [0.3, 0.4) is 0 Å². The van der Waals surface area contributed by atoms with Crippen LogP contribution in [0.5, 0.6) is 0 Å². The predicted octanol–water partition coefficient (Wildman–Crippen LogP) is 2.05. The van der Waals surface area contributed by atoms with Gasteiger partial charge in [0.05, 0.1) is 11.4 Å². The van der Waals surface area contributed by atoms with Crippen LogP contribution >= 0.6 is 0 Å². The highest BCUT2D eigenvalue weighted by atomic mass is 32.2. The maximum absolute atomic E-state index is 12.0. The van der Waals surface area contributed by atoms with E-state index in [2.05, 4.69) is 4.72 Å². The van der Waals surface area contributed by atoms with Crippen LogP contribution < -0.4 is 10.5 Å². The lowest BCUT2D eigenvalue weighted by atomic mass is 10.2. The normalized spacial score (nSPS) is 12.2. The summed E-state index contributed by atoms with van der Waals surface area (Å²) in [5.41, 5.74) is 5.54. The molecule has 0 saturated heterocycles. The Morgan fingerprint density at radius 2 is 1.90 bits per heavy atom. The average Bonchev–Trinajstić information content (AvgIpc) is 2.26. The molecule has 0 aromatic heterocycles. The summed E-state index contributed by atoms with van der Waals surface area (Å²) in [4.78, 5) is 0. The van der Waals surface area contributed by atoms with E-state index >= 15 is 0 Å². The Balaban J connectivity index is 2.74. The first-order valence-electron chi connectivity index (χ1n) is 5.61. The van der Waals surface area contributed by atoms with E-state index in [1.807, 2.05) is 0 Å². The second-order valence-electron chi connectivity index (χ2n) is 4.10. The van der Waals surface area contributed by atoms with Crippen LogP contribution in [-0.4, -0.2) is 26.2 Å². The fraction of sp³-hybridized carbons (Fsp3) is 0.364. The van der Waals surface area contributed by atoms with Gasteiger partial charge in [-0.05, 0) is 18.6 Å². The maximum atomic E-state index is 12.0. The first kappa shape index (κ1) is 16.3. The smallest absolute Gasteiger partial charge is 0.384 e. The van der Waals surface area contributed by atoms with Gasteiger partial charge in [0.1, 0.15) is 5.84 Å². The SMILES string of the molecule is N=C(N)c1ccccc1NS(=O)(=O)CCCC(F)(F)F. The Morgan fingerprint density at radius 3 is 2.45 bits per heavy atom. The van der Waals surface area contributed by atoms with Gasteiger partial charge in [0, 0.05) is 12.0 Å². The lowest BCUT2D eigenvalue weighted by Gasteiger charge is -2.12. The van der Waals surface area contributed by atoms with Crippen molar-refractivity contribution in [3.63, 3.8) is 0 Å². The summed E-state index contributed by atoms with van der Waals surface area (Å²) in [7, 11) is -3.92. The molecule has 0 aliphatic rings. The first-order chi connectivity index (χ1) is 9.11. The van der Waals surface area contributed by atoms with Gasteiger partial charge in [-0.1, -0.05) is 12.1 Å². The molecule has 5 nitrogen and oxygen atoms in total. The van der Waals surface area contributed by atoms with Crippen LogP contribution in [-0.2, 0) is 10.0 Å². The van der Waals surface area contributed by atoms with Crippen molar-refractivity contribution in [1.82, 2.24) is 0 Å². The molecule has 0 bridgehead atoms. The molecule has 0 heterocycles. The van der Waals surface area contributed by atoms with Gasteiger partial charge in [0.15, 0.2) is 0 Å². The number of benzene rings is 1. The topological polar surface area (TPSA) is 96.0 Å². The van der Waals surface area contributed by atoms with Crippen LogP contribution in [0.25, 0.3) is 0 Å². The Bertz CT molecular complexity index is 585. The van der Waals surface area contributed by atoms with Crippen molar-refractivity contribution in [2.24, 2.45) is 5.73 Å². The predicted molar refractivity (Wildman–Crippen MR) is 70.2 cm³/mol. The number of para-hydroxylation sites is 1. The first-order valence-corrected chi connectivity index (χ1v) is 7.26. The molecule has 0 atom stereocenters. The maximum Gasteiger partial charge on any atom is 0.389 e. The minimum absolute atomic E-state index is 0.0759. The van der Waals surface area contributed by atoms with E-state index in [0.717, 1.165) is 0 Å². The van der Waals surface area contributed by atoms with Gasteiger partial charge < -0.3 is 5.73 Å². The molecule has 0 fully saturated rings. The van der Waals surface area contributed by atoms with Crippen molar-refractivity contribution < 1.29 is 21.6 Å². The zero-order valence-corrected chi connectivity index (χ0v) is 11.2. The zero-order valence-electron chi connectivity index (χ0n) is 10.4. The van der Waals surface area contributed by atoms with Crippen LogP contribution in [0.1, 0.15) is 18.4 Å². The third kappa shape index (κ3) is 5.47. The third-order valence-corrected chi connectivity index (χ3v) is 3.71. The number of alkyl halides is 3. The summed E-state index contributed by atoms with van der Waals surface area (Å²) >= 11 is 0.